The van der Waals surface area contributed by atoms with E-state index in [1.807, 2.05) is 22.9 Å². The van der Waals surface area contributed by atoms with E-state index in [9.17, 15) is 9.18 Å². The first kappa shape index (κ1) is 17.6. The number of aromatic nitrogens is 4. The van der Waals surface area contributed by atoms with Crippen molar-refractivity contribution >= 4 is 16.9 Å². The van der Waals surface area contributed by atoms with Crippen molar-refractivity contribution in [1.82, 2.24) is 24.8 Å². The molecule has 1 atom stereocenters. The summed E-state index contributed by atoms with van der Waals surface area (Å²) in [6.45, 7) is 1.02. The number of carbonyl (C=O) groups excluding carboxylic acids is 1. The van der Waals surface area contributed by atoms with Crippen LogP contribution in [0.15, 0.2) is 55.1 Å². The maximum Gasteiger partial charge on any atom is 0.246 e. The van der Waals surface area contributed by atoms with E-state index in [0.29, 0.717) is 13.1 Å². The predicted octanol–water partition coefficient (Wildman–Crippen LogP) is 2.75. The van der Waals surface area contributed by atoms with Gasteiger partial charge in [-0.3, -0.25) is 4.79 Å². The number of rotatable bonds is 4. The number of imidazole rings is 1. The summed E-state index contributed by atoms with van der Waals surface area (Å²) < 4.78 is 21.1. The van der Waals surface area contributed by atoms with Crippen LogP contribution in [0.3, 0.4) is 0 Å². The van der Waals surface area contributed by atoms with Gasteiger partial charge in [-0.25, -0.2) is 14.4 Å². The SMILES string of the molecule is O=C1COC(Cn2cnc(-c3ccc(F)cc3)c2-c2ccnc3[nH]ccc23)CN1. The topological polar surface area (TPSA) is 84.8 Å². The minimum Gasteiger partial charge on any atom is -0.365 e. The molecule has 0 radical (unpaired) electrons. The van der Waals surface area contributed by atoms with Gasteiger partial charge in [0.25, 0.3) is 0 Å². The van der Waals surface area contributed by atoms with Crippen LogP contribution in [-0.4, -0.2) is 44.7 Å². The highest BCUT2D eigenvalue weighted by molar-refractivity contribution is 5.95. The van der Waals surface area contributed by atoms with Crippen molar-refractivity contribution < 1.29 is 13.9 Å². The molecule has 1 aliphatic heterocycles. The number of pyridine rings is 1. The number of amides is 1. The summed E-state index contributed by atoms with van der Waals surface area (Å²) in [6, 6.07) is 10.2. The maximum atomic E-state index is 13.4. The average Bonchev–Trinajstić information content (AvgIpc) is 3.37. The molecule has 1 fully saturated rings. The molecule has 0 spiro atoms. The van der Waals surface area contributed by atoms with Gasteiger partial charge in [0.2, 0.25) is 5.91 Å². The molecule has 1 amide bonds. The first-order chi connectivity index (χ1) is 14.2. The summed E-state index contributed by atoms with van der Waals surface area (Å²) in [5, 5.41) is 3.80. The fourth-order valence-electron chi connectivity index (χ4n) is 3.66. The van der Waals surface area contributed by atoms with Crippen LogP contribution in [0.5, 0.6) is 0 Å². The third-order valence-electron chi connectivity index (χ3n) is 5.05. The number of H-pyrrole nitrogens is 1. The summed E-state index contributed by atoms with van der Waals surface area (Å²) in [7, 11) is 0. The van der Waals surface area contributed by atoms with Crippen LogP contribution in [0.25, 0.3) is 33.5 Å². The highest BCUT2D eigenvalue weighted by Crippen LogP contribution is 2.35. The minimum atomic E-state index is -0.294. The summed E-state index contributed by atoms with van der Waals surface area (Å²) in [5.41, 5.74) is 4.20. The first-order valence-electron chi connectivity index (χ1n) is 9.31. The largest absolute Gasteiger partial charge is 0.365 e. The quantitative estimate of drug-likeness (QED) is 0.560. The van der Waals surface area contributed by atoms with Gasteiger partial charge in [0, 0.05) is 35.5 Å². The van der Waals surface area contributed by atoms with E-state index in [1.54, 1.807) is 24.7 Å². The molecule has 1 aliphatic rings. The van der Waals surface area contributed by atoms with E-state index < -0.39 is 0 Å². The highest BCUT2D eigenvalue weighted by atomic mass is 19.1. The van der Waals surface area contributed by atoms with Gasteiger partial charge in [0.1, 0.15) is 18.1 Å². The lowest BCUT2D eigenvalue weighted by molar-refractivity contribution is -0.133. The van der Waals surface area contributed by atoms with Crippen LogP contribution in [0.1, 0.15) is 0 Å². The monoisotopic (exact) mass is 391 g/mol. The average molecular weight is 391 g/mol. The van der Waals surface area contributed by atoms with Crippen molar-refractivity contribution in [3.63, 3.8) is 0 Å². The molecule has 29 heavy (non-hydrogen) atoms. The van der Waals surface area contributed by atoms with E-state index in [1.165, 1.54) is 12.1 Å². The minimum absolute atomic E-state index is 0.0524. The standard InChI is InChI=1S/C21H18FN5O2/c22-14-3-1-13(2-4-14)19-20(16-5-7-23-21-17(16)6-8-24-21)27(12-26-19)10-15-9-25-18(28)11-29-15/h1-8,12,15H,9-11H2,(H,23,24)(H,25,28). The van der Waals surface area contributed by atoms with Gasteiger partial charge in [-0.2, -0.15) is 0 Å². The fraction of sp³-hybridized carbons (Fsp3) is 0.190. The summed E-state index contributed by atoms with van der Waals surface area (Å²) in [4.78, 5) is 23.5. The molecule has 1 aromatic carbocycles. The summed E-state index contributed by atoms with van der Waals surface area (Å²) >= 11 is 0. The number of hydrogen-bond acceptors (Lipinski definition) is 4. The summed E-state index contributed by atoms with van der Waals surface area (Å²) in [5.74, 6) is -0.403. The normalized spacial score (nSPS) is 16.9. The molecular weight excluding hydrogens is 373 g/mol. The number of ether oxygens (including phenoxy) is 1. The van der Waals surface area contributed by atoms with Gasteiger partial charge >= 0.3 is 0 Å². The molecule has 4 aromatic rings. The Bertz CT molecular complexity index is 1170. The molecule has 3 aromatic heterocycles. The Labute approximate surface area is 165 Å². The zero-order chi connectivity index (χ0) is 19.8. The zero-order valence-corrected chi connectivity index (χ0v) is 15.4. The predicted molar refractivity (Wildman–Crippen MR) is 105 cm³/mol. The molecule has 0 saturated carbocycles. The van der Waals surface area contributed by atoms with Crippen molar-refractivity contribution in [3.05, 3.63) is 60.9 Å². The van der Waals surface area contributed by atoms with Crippen LogP contribution in [0.4, 0.5) is 4.39 Å². The molecule has 2 N–H and O–H groups in total. The number of benzene rings is 1. The third kappa shape index (κ3) is 3.27. The Balaban J connectivity index is 1.63. The number of carbonyl (C=O) groups is 1. The lowest BCUT2D eigenvalue weighted by Crippen LogP contribution is -2.44. The van der Waals surface area contributed by atoms with Crippen molar-refractivity contribution in [2.45, 2.75) is 12.6 Å². The number of nitrogens with zero attached hydrogens (tertiary/aromatic N) is 3. The fourth-order valence-corrected chi connectivity index (χ4v) is 3.66. The van der Waals surface area contributed by atoms with E-state index in [-0.39, 0.29) is 24.4 Å². The zero-order valence-electron chi connectivity index (χ0n) is 15.4. The Morgan fingerprint density at radius 1 is 1.17 bits per heavy atom. The van der Waals surface area contributed by atoms with Crippen molar-refractivity contribution in [2.75, 3.05) is 13.2 Å². The van der Waals surface area contributed by atoms with Crippen molar-refractivity contribution in [2.24, 2.45) is 0 Å². The van der Waals surface area contributed by atoms with Crippen LogP contribution in [-0.2, 0) is 16.1 Å². The number of fused-ring (bicyclic) bond motifs is 1. The number of aromatic amines is 1. The van der Waals surface area contributed by atoms with Crippen LogP contribution in [0.2, 0.25) is 0 Å². The van der Waals surface area contributed by atoms with Gasteiger partial charge in [-0.05, 0) is 36.4 Å². The number of nitrogens with one attached hydrogen (secondary N) is 2. The van der Waals surface area contributed by atoms with Crippen LogP contribution < -0.4 is 5.32 Å². The molecule has 8 heteroatoms. The number of hydrogen-bond donors (Lipinski definition) is 2. The van der Waals surface area contributed by atoms with E-state index in [0.717, 1.165) is 33.5 Å². The molecule has 146 valence electrons. The van der Waals surface area contributed by atoms with Crippen molar-refractivity contribution in [1.29, 1.82) is 0 Å². The Hall–Kier alpha value is -3.52. The van der Waals surface area contributed by atoms with E-state index in [2.05, 4.69) is 20.3 Å². The molecule has 4 heterocycles. The van der Waals surface area contributed by atoms with Gasteiger partial charge in [0.05, 0.1) is 30.4 Å². The Morgan fingerprint density at radius 2 is 2.03 bits per heavy atom. The molecule has 5 rings (SSSR count). The first-order valence-corrected chi connectivity index (χ1v) is 9.31. The number of morpholine rings is 1. The second kappa shape index (κ2) is 7.14. The molecule has 1 saturated heterocycles. The lowest BCUT2D eigenvalue weighted by Gasteiger charge is -2.24. The van der Waals surface area contributed by atoms with Gasteiger partial charge in [-0.1, -0.05) is 0 Å². The second-order valence-electron chi connectivity index (χ2n) is 6.94. The Kier molecular flexibility index (Phi) is 4.33. The molecule has 0 aliphatic carbocycles. The van der Waals surface area contributed by atoms with E-state index in [4.69, 9.17) is 4.74 Å². The molecule has 1 unspecified atom stereocenters. The second-order valence-corrected chi connectivity index (χ2v) is 6.94. The van der Waals surface area contributed by atoms with Gasteiger partial charge in [-0.15, -0.1) is 0 Å². The molecular formula is C21H18FN5O2. The smallest absolute Gasteiger partial charge is 0.246 e. The Morgan fingerprint density at radius 3 is 2.83 bits per heavy atom. The van der Waals surface area contributed by atoms with Crippen molar-refractivity contribution in [3.8, 4) is 22.5 Å². The maximum absolute atomic E-state index is 13.4. The van der Waals surface area contributed by atoms with Gasteiger partial charge < -0.3 is 19.6 Å². The summed E-state index contributed by atoms with van der Waals surface area (Å²) in [6.07, 6.45) is 5.19. The van der Waals surface area contributed by atoms with Crippen LogP contribution in [0, 0.1) is 5.82 Å². The van der Waals surface area contributed by atoms with Crippen LogP contribution >= 0.6 is 0 Å². The number of halogens is 1. The highest BCUT2D eigenvalue weighted by Gasteiger charge is 2.23. The van der Waals surface area contributed by atoms with Gasteiger partial charge in [0.15, 0.2) is 0 Å². The van der Waals surface area contributed by atoms with E-state index >= 15 is 0 Å². The molecule has 7 nitrogen and oxygen atoms in total. The lowest BCUT2D eigenvalue weighted by atomic mass is 10.0. The molecule has 0 bridgehead atoms. The third-order valence-corrected chi connectivity index (χ3v) is 5.05.